The Morgan fingerprint density at radius 1 is 1.35 bits per heavy atom. The van der Waals surface area contributed by atoms with Crippen molar-refractivity contribution in [2.24, 2.45) is 22.7 Å². The van der Waals surface area contributed by atoms with E-state index in [0.717, 1.165) is 31.3 Å². The molecule has 0 spiro atoms. The summed E-state index contributed by atoms with van der Waals surface area (Å²) >= 11 is 0. The molecule has 0 saturated heterocycles. The Balaban J connectivity index is 1.79. The van der Waals surface area contributed by atoms with E-state index in [1.807, 2.05) is 0 Å². The summed E-state index contributed by atoms with van der Waals surface area (Å²) in [5, 5.41) is 0. The lowest BCUT2D eigenvalue weighted by molar-refractivity contribution is -0.141. The van der Waals surface area contributed by atoms with E-state index < -0.39 is 0 Å². The number of ether oxygens (including phenoxy) is 2. The molecule has 0 unspecified atom stereocenters. The van der Waals surface area contributed by atoms with Gasteiger partial charge in [-0.1, -0.05) is 26.8 Å². The Bertz CT molecular complexity index is 647. The average molecular weight is 360 g/mol. The van der Waals surface area contributed by atoms with Crippen LogP contribution in [-0.4, -0.2) is 25.2 Å². The summed E-state index contributed by atoms with van der Waals surface area (Å²) in [7, 11) is 0. The van der Waals surface area contributed by atoms with E-state index in [2.05, 4.69) is 26.8 Å². The maximum atomic E-state index is 11.4. The Kier molecular flexibility index (Phi) is 5.32. The first-order valence-corrected chi connectivity index (χ1v) is 9.95. The van der Waals surface area contributed by atoms with Gasteiger partial charge in [-0.15, -0.1) is 0 Å². The lowest BCUT2D eigenvalue weighted by Gasteiger charge is -2.58. The third kappa shape index (κ3) is 3.47. The molecule has 0 N–H and O–H groups in total. The van der Waals surface area contributed by atoms with Gasteiger partial charge in [-0.05, 0) is 72.3 Å². The fourth-order valence-electron chi connectivity index (χ4n) is 5.59. The van der Waals surface area contributed by atoms with Gasteiger partial charge in [0.25, 0.3) is 0 Å². The van der Waals surface area contributed by atoms with Crippen LogP contribution >= 0.6 is 0 Å². The van der Waals surface area contributed by atoms with Crippen molar-refractivity contribution in [1.82, 2.24) is 0 Å². The number of carbonyl (C=O) groups is 2. The second kappa shape index (κ2) is 7.21. The number of hydrogen-bond acceptors (Lipinski definition) is 4. The van der Waals surface area contributed by atoms with Crippen LogP contribution in [-0.2, 0) is 19.1 Å². The second-order valence-electron chi connectivity index (χ2n) is 8.91. The second-order valence-corrected chi connectivity index (χ2v) is 8.91. The predicted molar refractivity (Wildman–Crippen MR) is 100 cm³/mol. The number of cyclic esters (lactones) is 1. The molecule has 1 aliphatic heterocycles. The first-order chi connectivity index (χ1) is 12.3. The summed E-state index contributed by atoms with van der Waals surface area (Å²) < 4.78 is 10.4. The standard InChI is InChI=1S/C22H32O4/c1-15-8-10-22(4)18(14-25-16(2)23)6-5-7-19(22)21(15,3)11-9-17-12-20(24)26-13-17/h6,12,15,19H,5,7-11,13-14H2,1-4H3/t15-,19-,21+,22+/m1/s1. The normalized spacial score (nSPS) is 36.7. The third-order valence-electron chi connectivity index (χ3n) is 7.50. The SMILES string of the molecule is CC(=O)OCC1=CCC[C@@H]2[C@@](C)(CCC3=CC(=O)OC3)[C@H](C)CC[C@@]12C. The van der Waals surface area contributed by atoms with E-state index in [-0.39, 0.29) is 22.8 Å². The minimum atomic E-state index is -0.207. The minimum Gasteiger partial charge on any atom is -0.461 e. The van der Waals surface area contributed by atoms with Crippen molar-refractivity contribution >= 4 is 11.9 Å². The van der Waals surface area contributed by atoms with E-state index in [4.69, 9.17) is 9.47 Å². The zero-order valence-corrected chi connectivity index (χ0v) is 16.6. The molecule has 1 fully saturated rings. The van der Waals surface area contributed by atoms with Gasteiger partial charge in [0.2, 0.25) is 0 Å². The highest BCUT2D eigenvalue weighted by molar-refractivity contribution is 5.85. The summed E-state index contributed by atoms with van der Waals surface area (Å²) in [5.41, 5.74) is 2.75. The van der Waals surface area contributed by atoms with Crippen molar-refractivity contribution < 1.29 is 19.1 Å². The molecule has 1 heterocycles. The van der Waals surface area contributed by atoms with Gasteiger partial charge in [-0.2, -0.15) is 0 Å². The quantitative estimate of drug-likeness (QED) is 0.531. The molecule has 2 aliphatic carbocycles. The Labute approximate surface area is 157 Å². The van der Waals surface area contributed by atoms with Crippen LogP contribution < -0.4 is 0 Å². The van der Waals surface area contributed by atoms with Crippen LogP contribution in [0.15, 0.2) is 23.3 Å². The zero-order chi connectivity index (χ0) is 18.9. The maximum absolute atomic E-state index is 11.4. The predicted octanol–water partition coefficient (Wildman–Crippen LogP) is 4.59. The van der Waals surface area contributed by atoms with Crippen LogP contribution in [0.3, 0.4) is 0 Å². The Morgan fingerprint density at radius 3 is 2.77 bits per heavy atom. The van der Waals surface area contributed by atoms with Crippen molar-refractivity contribution in [3.8, 4) is 0 Å². The lowest BCUT2D eigenvalue weighted by Crippen LogP contribution is -2.50. The first-order valence-electron chi connectivity index (χ1n) is 9.95. The van der Waals surface area contributed by atoms with E-state index in [0.29, 0.717) is 25.0 Å². The monoisotopic (exact) mass is 360 g/mol. The van der Waals surface area contributed by atoms with E-state index in [9.17, 15) is 9.59 Å². The van der Waals surface area contributed by atoms with E-state index >= 15 is 0 Å². The molecule has 1 saturated carbocycles. The number of hydrogen-bond donors (Lipinski definition) is 0. The first kappa shape index (κ1) is 19.2. The number of carbonyl (C=O) groups excluding carboxylic acids is 2. The van der Waals surface area contributed by atoms with Gasteiger partial charge in [0.15, 0.2) is 0 Å². The van der Waals surface area contributed by atoms with Gasteiger partial charge < -0.3 is 9.47 Å². The fourth-order valence-corrected chi connectivity index (χ4v) is 5.59. The van der Waals surface area contributed by atoms with Crippen LogP contribution in [0.4, 0.5) is 0 Å². The largest absolute Gasteiger partial charge is 0.461 e. The molecule has 26 heavy (non-hydrogen) atoms. The molecule has 0 amide bonds. The van der Waals surface area contributed by atoms with Crippen LogP contribution in [0.1, 0.15) is 66.2 Å². The molecule has 4 heteroatoms. The molecule has 3 aliphatic rings. The molecule has 0 aromatic rings. The highest BCUT2D eigenvalue weighted by Gasteiger charge is 2.53. The third-order valence-corrected chi connectivity index (χ3v) is 7.50. The van der Waals surface area contributed by atoms with Gasteiger partial charge in [0.1, 0.15) is 13.2 Å². The van der Waals surface area contributed by atoms with Crippen LogP contribution in [0.2, 0.25) is 0 Å². The number of esters is 2. The van der Waals surface area contributed by atoms with Crippen molar-refractivity contribution in [3.05, 3.63) is 23.3 Å². The molecule has 0 bridgehead atoms. The summed E-state index contributed by atoms with van der Waals surface area (Å²) in [6.45, 7) is 9.57. The molecule has 4 atom stereocenters. The number of allylic oxidation sites excluding steroid dienone is 1. The number of fused-ring (bicyclic) bond motifs is 1. The molecule has 0 aromatic heterocycles. The molecular weight excluding hydrogens is 328 g/mol. The molecule has 0 radical (unpaired) electrons. The molecular formula is C22H32O4. The molecule has 3 rings (SSSR count). The lowest BCUT2D eigenvalue weighted by atomic mass is 9.47. The van der Waals surface area contributed by atoms with Gasteiger partial charge >= 0.3 is 11.9 Å². The smallest absolute Gasteiger partial charge is 0.331 e. The molecule has 0 aromatic carbocycles. The Morgan fingerprint density at radius 2 is 2.12 bits per heavy atom. The summed E-state index contributed by atoms with van der Waals surface area (Å²) in [6, 6.07) is 0. The molecule has 144 valence electrons. The summed E-state index contributed by atoms with van der Waals surface area (Å²) in [4.78, 5) is 22.7. The topological polar surface area (TPSA) is 52.6 Å². The summed E-state index contributed by atoms with van der Waals surface area (Å²) in [6.07, 6.45) is 10.6. The highest BCUT2D eigenvalue weighted by Crippen LogP contribution is 2.62. The Hall–Kier alpha value is -1.58. The highest BCUT2D eigenvalue weighted by atomic mass is 16.5. The molecule has 4 nitrogen and oxygen atoms in total. The van der Waals surface area contributed by atoms with Gasteiger partial charge in [-0.25, -0.2) is 4.79 Å². The van der Waals surface area contributed by atoms with Crippen molar-refractivity contribution in [3.63, 3.8) is 0 Å². The van der Waals surface area contributed by atoms with Crippen molar-refractivity contribution in [1.29, 1.82) is 0 Å². The van der Waals surface area contributed by atoms with Gasteiger partial charge in [0, 0.05) is 13.0 Å². The zero-order valence-electron chi connectivity index (χ0n) is 16.6. The van der Waals surface area contributed by atoms with E-state index in [1.54, 1.807) is 6.08 Å². The fraction of sp³-hybridized carbons (Fsp3) is 0.727. The minimum absolute atomic E-state index is 0.103. The van der Waals surface area contributed by atoms with Crippen molar-refractivity contribution in [2.45, 2.75) is 66.2 Å². The van der Waals surface area contributed by atoms with Crippen LogP contribution in [0.5, 0.6) is 0 Å². The van der Waals surface area contributed by atoms with Crippen LogP contribution in [0, 0.1) is 22.7 Å². The van der Waals surface area contributed by atoms with Gasteiger partial charge in [-0.3, -0.25) is 4.79 Å². The van der Waals surface area contributed by atoms with Crippen molar-refractivity contribution in [2.75, 3.05) is 13.2 Å². The van der Waals surface area contributed by atoms with E-state index in [1.165, 1.54) is 25.3 Å². The maximum Gasteiger partial charge on any atom is 0.331 e. The van der Waals surface area contributed by atoms with Gasteiger partial charge in [0.05, 0.1) is 0 Å². The summed E-state index contributed by atoms with van der Waals surface area (Å²) in [5.74, 6) is 0.817. The van der Waals surface area contributed by atoms with Crippen LogP contribution in [0.25, 0.3) is 0 Å². The number of rotatable bonds is 5. The average Bonchev–Trinajstić information content (AvgIpc) is 3.01.